The number of ether oxygens (including phenoxy) is 8. The van der Waals surface area contributed by atoms with Crippen molar-refractivity contribution in [3.05, 3.63) is 70.8 Å². The third-order valence-corrected chi connectivity index (χ3v) is 31.1. The Morgan fingerprint density at radius 1 is 0.373 bits per heavy atom. The summed E-state index contributed by atoms with van der Waals surface area (Å²) in [6.07, 6.45) is 49.5. The first-order chi connectivity index (χ1) is 52.9. The van der Waals surface area contributed by atoms with E-state index in [9.17, 15) is 19.2 Å². The molecule has 3 aromatic carbocycles. The Morgan fingerprint density at radius 3 is 1.05 bits per heavy atom. The van der Waals surface area contributed by atoms with Crippen LogP contribution in [0.1, 0.15) is 335 Å². The highest BCUT2D eigenvalue weighted by molar-refractivity contribution is 5.81. The van der Waals surface area contributed by atoms with E-state index in [0.29, 0.717) is 105 Å². The monoisotopic (exact) mass is 1520 g/mol. The fourth-order valence-electron chi connectivity index (χ4n) is 25.0. The van der Waals surface area contributed by atoms with Gasteiger partial charge in [0.05, 0.1) is 39.6 Å². The van der Waals surface area contributed by atoms with Gasteiger partial charge in [-0.15, -0.1) is 0 Å². The molecule has 8 fully saturated rings. The maximum absolute atomic E-state index is 13.2. The summed E-state index contributed by atoms with van der Waals surface area (Å²) in [5, 5.41) is 0. The van der Waals surface area contributed by atoms with E-state index in [0.717, 1.165) is 159 Å². The predicted molar refractivity (Wildman–Crippen MR) is 445 cm³/mol. The molecule has 0 aromatic heterocycles. The SMILES string of the molecule is COc1cc(OC(=O)CCCCCCCC(=O)OC2CC[C@@]3(C)C(CC[C@H]4[C@@H]5CC[C@H]([C@H](C)CCCC(C)C)[C@@]5(C)CC[C@@H]43)C2)cc(OC)c1/C=C/c1ccc(/C=C/c2c(OC)cc(OC(=O)CCCCCCCC(=O)OC3CC[C@@]4(C)C(CC[C@H]5[C@@H]6CC[C@H]([C@H](C)CCCC(C)C)[C@@]6(C)CC[C@@H]54)C3)cc2OC)cc1. The van der Waals surface area contributed by atoms with Gasteiger partial charge in [0.25, 0.3) is 0 Å². The maximum Gasteiger partial charge on any atom is 0.311 e. The molecule has 110 heavy (non-hydrogen) atoms. The van der Waals surface area contributed by atoms with E-state index < -0.39 is 0 Å². The molecule has 610 valence electrons. The van der Waals surface area contributed by atoms with Crippen LogP contribution in [-0.2, 0) is 28.7 Å². The van der Waals surface area contributed by atoms with Crippen molar-refractivity contribution in [2.24, 2.45) is 105 Å². The third kappa shape index (κ3) is 20.5. The Labute approximate surface area is 665 Å². The number of carbonyl (C=O) groups is 4. The normalized spacial score (nSPS) is 30.8. The highest BCUT2D eigenvalue weighted by Gasteiger charge is 2.63. The zero-order chi connectivity index (χ0) is 78.3. The van der Waals surface area contributed by atoms with Crippen LogP contribution in [0.15, 0.2) is 48.5 Å². The number of esters is 4. The number of methoxy groups -OCH3 is 4. The van der Waals surface area contributed by atoms with Crippen LogP contribution in [0.5, 0.6) is 34.5 Å². The molecule has 0 N–H and O–H groups in total. The summed E-state index contributed by atoms with van der Waals surface area (Å²) in [5.74, 6) is 13.6. The molecule has 0 radical (unpaired) electrons. The molecule has 12 nitrogen and oxygen atoms in total. The number of benzene rings is 3. The first-order valence-electron chi connectivity index (χ1n) is 44.7. The molecule has 0 saturated heterocycles. The molecule has 0 aliphatic heterocycles. The van der Waals surface area contributed by atoms with E-state index in [1.165, 1.54) is 128 Å². The number of hydrogen-bond donors (Lipinski definition) is 0. The largest absolute Gasteiger partial charge is 0.496 e. The minimum atomic E-state index is -0.313. The quantitative estimate of drug-likeness (QED) is 0.0233. The molecular weight excluding hydrogens is 1370 g/mol. The van der Waals surface area contributed by atoms with Crippen molar-refractivity contribution in [1.82, 2.24) is 0 Å². The minimum absolute atomic E-state index is 0.0413. The van der Waals surface area contributed by atoms with Gasteiger partial charge in [-0.1, -0.05) is 183 Å². The number of rotatable bonds is 38. The number of unbranched alkanes of at least 4 members (excludes halogenated alkanes) is 8. The Kier molecular flexibility index (Phi) is 30.2. The zero-order valence-electron chi connectivity index (χ0n) is 70.9. The molecule has 0 amide bonds. The Balaban J connectivity index is 0.542. The molecule has 18 atom stereocenters. The van der Waals surface area contributed by atoms with Gasteiger partial charge >= 0.3 is 23.9 Å². The molecule has 0 heterocycles. The van der Waals surface area contributed by atoms with Gasteiger partial charge in [0.1, 0.15) is 46.7 Å². The van der Waals surface area contributed by atoms with Gasteiger partial charge in [0, 0.05) is 49.9 Å². The Bertz CT molecular complexity index is 3270. The molecule has 8 saturated carbocycles. The summed E-state index contributed by atoms with van der Waals surface area (Å²) in [6, 6.07) is 14.9. The predicted octanol–water partition coefficient (Wildman–Crippen LogP) is 25.4. The van der Waals surface area contributed by atoms with Crippen LogP contribution in [0.2, 0.25) is 0 Å². The van der Waals surface area contributed by atoms with Crippen LogP contribution in [-0.4, -0.2) is 64.5 Å². The molecular formula is C98H146O12. The van der Waals surface area contributed by atoms with Gasteiger partial charge in [-0.3, -0.25) is 19.2 Å². The number of carbonyl (C=O) groups excluding carboxylic acids is 4. The minimum Gasteiger partial charge on any atom is -0.496 e. The van der Waals surface area contributed by atoms with Gasteiger partial charge in [-0.25, -0.2) is 0 Å². The summed E-state index contributed by atoms with van der Waals surface area (Å²) in [6.45, 7) is 25.3. The maximum atomic E-state index is 13.2. The van der Waals surface area contributed by atoms with Crippen molar-refractivity contribution in [1.29, 1.82) is 0 Å². The van der Waals surface area contributed by atoms with Crippen LogP contribution in [0.4, 0.5) is 0 Å². The second-order valence-corrected chi connectivity index (χ2v) is 38.4. The fraction of sp³-hybridized carbons (Fsp3) is 0.735. The molecule has 0 spiro atoms. The number of hydrogen-bond acceptors (Lipinski definition) is 12. The van der Waals surface area contributed by atoms with Gasteiger partial charge in [0.15, 0.2) is 0 Å². The smallest absolute Gasteiger partial charge is 0.311 e. The van der Waals surface area contributed by atoms with Crippen molar-refractivity contribution in [3.8, 4) is 34.5 Å². The molecule has 8 aliphatic rings. The summed E-state index contributed by atoms with van der Waals surface area (Å²) in [4.78, 5) is 52.6. The van der Waals surface area contributed by atoms with Crippen molar-refractivity contribution in [2.45, 2.75) is 325 Å². The van der Waals surface area contributed by atoms with E-state index in [2.05, 4.69) is 69.2 Å². The highest BCUT2D eigenvalue weighted by Crippen LogP contribution is 2.71. The highest BCUT2D eigenvalue weighted by atomic mass is 16.6. The summed E-state index contributed by atoms with van der Waals surface area (Å²) in [5.41, 5.74) is 5.11. The van der Waals surface area contributed by atoms with Crippen molar-refractivity contribution >= 4 is 48.2 Å². The standard InChI is InChI=1S/C98H146O12/c1-65(2)27-25-29-67(5)81-47-49-83-77-45-41-71-59-73(51-55-95(71,7)85(77)53-57-97(81,83)9)107-91(99)31-21-17-15-19-23-33-93(101)109-75-61-87(103-11)79(88(62-75)104-12)43-39-69-35-37-70(38-36-69)40-44-80-89(105-13)63-76(64-90(80)106-14)110-94(102)34-24-20-16-18-22-32-92(100)108-74-52-56-96(8)72(60-74)42-46-78-84-50-48-82(68(6)30-26-28-66(3)4)98(84,10)58-54-86(78)96/h35-40,43-44,61-68,71-74,77-78,81-86H,15-34,41-42,45-60H2,1-14H3/b43-39+,44-40+/t67-,68-,71?,72?,73?,74?,77+,78+,81-,82-,83+,84+,85+,86+,95+,96+,97-,98-/m1/s1. The fourth-order valence-corrected chi connectivity index (χ4v) is 25.0. The zero-order valence-corrected chi connectivity index (χ0v) is 70.9. The number of fused-ring (bicyclic) bond motifs is 10. The van der Waals surface area contributed by atoms with E-state index in [1.54, 1.807) is 52.7 Å². The van der Waals surface area contributed by atoms with E-state index in [-0.39, 0.29) is 48.9 Å². The molecule has 3 aromatic rings. The molecule has 8 aliphatic carbocycles. The van der Waals surface area contributed by atoms with E-state index in [1.807, 2.05) is 48.6 Å². The Morgan fingerprint density at radius 2 is 0.700 bits per heavy atom. The summed E-state index contributed by atoms with van der Waals surface area (Å²) >= 11 is 0. The van der Waals surface area contributed by atoms with Crippen LogP contribution in [0.3, 0.4) is 0 Å². The second kappa shape index (κ2) is 39.0. The molecule has 4 unspecified atom stereocenters. The molecule has 12 heteroatoms. The van der Waals surface area contributed by atoms with Crippen LogP contribution < -0.4 is 28.4 Å². The first kappa shape index (κ1) is 85.1. The third-order valence-electron chi connectivity index (χ3n) is 31.1. The summed E-state index contributed by atoms with van der Waals surface area (Å²) < 4.78 is 47.3. The lowest BCUT2D eigenvalue weighted by atomic mass is 9.44. The van der Waals surface area contributed by atoms with Crippen LogP contribution >= 0.6 is 0 Å². The average Bonchev–Trinajstić information content (AvgIpc) is 1.37. The lowest BCUT2D eigenvalue weighted by molar-refractivity contribution is -0.163. The van der Waals surface area contributed by atoms with Gasteiger partial charge in [-0.2, -0.15) is 0 Å². The lowest BCUT2D eigenvalue weighted by Crippen LogP contribution is -2.54. The van der Waals surface area contributed by atoms with Gasteiger partial charge in [0.2, 0.25) is 0 Å². The van der Waals surface area contributed by atoms with Gasteiger partial charge in [-0.05, 0) is 269 Å². The lowest BCUT2D eigenvalue weighted by Gasteiger charge is -2.61. The first-order valence-corrected chi connectivity index (χ1v) is 44.7. The van der Waals surface area contributed by atoms with Gasteiger partial charge < -0.3 is 37.9 Å². The average molecular weight is 1520 g/mol. The van der Waals surface area contributed by atoms with Crippen LogP contribution in [0, 0.1) is 105 Å². The molecule has 0 bridgehead atoms. The van der Waals surface area contributed by atoms with Crippen LogP contribution in [0.25, 0.3) is 24.3 Å². The van der Waals surface area contributed by atoms with Crippen molar-refractivity contribution in [3.63, 3.8) is 0 Å². The van der Waals surface area contributed by atoms with Crippen molar-refractivity contribution < 1.29 is 57.1 Å². The second-order valence-electron chi connectivity index (χ2n) is 38.4. The Hall–Kier alpha value is -5.78. The van der Waals surface area contributed by atoms with Crippen molar-refractivity contribution in [2.75, 3.05) is 28.4 Å². The summed E-state index contributed by atoms with van der Waals surface area (Å²) in [7, 11) is 6.34. The molecule has 11 rings (SSSR count). The van der Waals surface area contributed by atoms with E-state index in [4.69, 9.17) is 37.9 Å². The topological polar surface area (TPSA) is 142 Å². The van der Waals surface area contributed by atoms with E-state index >= 15 is 0 Å².